The summed E-state index contributed by atoms with van der Waals surface area (Å²) in [6, 6.07) is 19.2. The summed E-state index contributed by atoms with van der Waals surface area (Å²) in [6.07, 6.45) is 1.68. The summed E-state index contributed by atoms with van der Waals surface area (Å²) in [5, 5.41) is 0. The van der Waals surface area contributed by atoms with Gasteiger partial charge in [0.15, 0.2) is 0 Å². The first-order valence-electron chi connectivity index (χ1n) is 8.94. The monoisotopic (exact) mass is 368 g/mol. The lowest BCUT2D eigenvalue weighted by Crippen LogP contribution is -2.42. The molecule has 0 spiro atoms. The van der Waals surface area contributed by atoms with E-state index in [1.165, 1.54) is 5.56 Å². The van der Waals surface area contributed by atoms with Crippen LogP contribution in [0.1, 0.15) is 30.4 Å². The van der Waals surface area contributed by atoms with E-state index in [1.54, 1.807) is 0 Å². The van der Waals surface area contributed by atoms with Crippen LogP contribution in [0.3, 0.4) is 0 Å². The topological polar surface area (TPSA) is 84.5 Å². The van der Waals surface area contributed by atoms with Crippen molar-refractivity contribution < 1.29 is 19.1 Å². The van der Waals surface area contributed by atoms with Crippen molar-refractivity contribution in [3.63, 3.8) is 0 Å². The van der Waals surface area contributed by atoms with E-state index in [9.17, 15) is 14.4 Å². The first kappa shape index (κ1) is 20.2. The number of hydrazine groups is 1. The summed E-state index contributed by atoms with van der Waals surface area (Å²) in [7, 11) is 0. The van der Waals surface area contributed by atoms with Crippen LogP contribution < -0.4 is 10.9 Å². The van der Waals surface area contributed by atoms with Crippen LogP contribution >= 0.6 is 0 Å². The second-order valence-electron chi connectivity index (χ2n) is 6.07. The van der Waals surface area contributed by atoms with Crippen LogP contribution in [-0.4, -0.2) is 24.4 Å². The number of hydrogen-bond donors (Lipinski definition) is 2. The second-order valence-corrected chi connectivity index (χ2v) is 6.07. The van der Waals surface area contributed by atoms with Crippen molar-refractivity contribution in [1.29, 1.82) is 0 Å². The number of ether oxygens (including phenoxy) is 1. The van der Waals surface area contributed by atoms with Crippen molar-refractivity contribution in [2.75, 3.05) is 6.61 Å². The summed E-state index contributed by atoms with van der Waals surface area (Å²) in [5.41, 5.74) is 6.68. The predicted molar refractivity (Wildman–Crippen MR) is 101 cm³/mol. The van der Waals surface area contributed by atoms with Gasteiger partial charge in [-0.1, -0.05) is 60.7 Å². The molecule has 2 aromatic rings. The van der Waals surface area contributed by atoms with Crippen LogP contribution in [0.25, 0.3) is 0 Å². The molecule has 2 amide bonds. The van der Waals surface area contributed by atoms with Crippen LogP contribution in [0.5, 0.6) is 0 Å². The van der Waals surface area contributed by atoms with Crippen LogP contribution in [0.4, 0.5) is 0 Å². The van der Waals surface area contributed by atoms with Crippen LogP contribution in [-0.2, 0) is 32.0 Å². The maximum atomic E-state index is 11.7. The Morgan fingerprint density at radius 1 is 0.741 bits per heavy atom. The molecule has 0 aliphatic carbocycles. The van der Waals surface area contributed by atoms with Crippen molar-refractivity contribution in [3.8, 4) is 0 Å². The Morgan fingerprint density at radius 2 is 1.33 bits per heavy atom. The maximum Gasteiger partial charge on any atom is 0.306 e. The summed E-state index contributed by atoms with van der Waals surface area (Å²) >= 11 is 0. The molecule has 0 saturated heterocycles. The predicted octanol–water partition coefficient (Wildman–Crippen LogP) is 2.33. The summed E-state index contributed by atoms with van der Waals surface area (Å²) in [6.45, 7) is 0.323. The fourth-order valence-corrected chi connectivity index (χ4v) is 2.42. The Bertz CT molecular complexity index is 732. The molecule has 0 radical (unpaired) electrons. The van der Waals surface area contributed by atoms with Gasteiger partial charge in [0.05, 0.1) is 19.4 Å². The molecule has 0 saturated carbocycles. The van der Waals surface area contributed by atoms with E-state index in [1.807, 2.05) is 60.7 Å². The molecule has 0 bridgehead atoms. The molecular weight excluding hydrogens is 344 g/mol. The number of nitrogens with one attached hydrogen (secondary N) is 2. The molecule has 0 aromatic heterocycles. The highest BCUT2D eigenvalue weighted by molar-refractivity contribution is 5.85. The molecular formula is C21H24N2O4. The third-order valence-electron chi connectivity index (χ3n) is 3.82. The summed E-state index contributed by atoms with van der Waals surface area (Å²) in [4.78, 5) is 35.1. The van der Waals surface area contributed by atoms with E-state index < -0.39 is 11.9 Å². The minimum absolute atomic E-state index is 0.0221. The lowest BCUT2D eigenvalue weighted by atomic mass is 10.1. The van der Waals surface area contributed by atoms with Gasteiger partial charge in [0.1, 0.15) is 0 Å². The average molecular weight is 368 g/mol. The van der Waals surface area contributed by atoms with Crippen molar-refractivity contribution in [3.05, 3.63) is 71.8 Å². The summed E-state index contributed by atoms with van der Waals surface area (Å²) < 4.78 is 5.11. The van der Waals surface area contributed by atoms with Gasteiger partial charge in [-0.3, -0.25) is 25.2 Å². The number of aryl methyl sites for hydroxylation is 1. The molecule has 2 N–H and O–H groups in total. The Balaban J connectivity index is 1.52. The first-order valence-corrected chi connectivity index (χ1v) is 8.94. The lowest BCUT2D eigenvalue weighted by molar-refractivity contribution is -0.145. The SMILES string of the molecule is O=C(CCC(=O)OCCCc1ccccc1)NNC(=O)Cc1ccccc1. The van der Waals surface area contributed by atoms with Crippen LogP contribution in [0.15, 0.2) is 60.7 Å². The van der Waals surface area contributed by atoms with Gasteiger partial charge in [-0.05, 0) is 24.0 Å². The Kier molecular flexibility index (Phi) is 8.56. The molecule has 0 aliphatic heterocycles. The van der Waals surface area contributed by atoms with Gasteiger partial charge in [0, 0.05) is 6.42 Å². The zero-order chi connectivity index (χ0) is 19.3. The molecule has 0 aliphatic rings. The van der Waals surface area contributed by atoms with Gasteiger partial charge in [-0.2, -0.15) is 0 Å². The van der Waals surface area contributed by atoms with E-state index in [2.05, 4.69) is 10.9 Å². The number of carbonyl (C=O) groups is 3. The number of benzene rings is 2. The van der Waals surface area contributed by atoms with E-state index in [0.29, 0.717) is 6.61 Å². The molecule has 0 fully saturated rings. The maximum absolute atomic E-state index is 11.7. The molecule has 0 unspecified atom stereocenters. The molecule has 6 nitrogen and oxygen atoms in total. The van der Waals surface area contributed by atoms with Crippen LogP contribution in [0, 0.1) is 0 Å². The zero-order valence-corrected chi connectivity index (χ0v) is 15.1. The van der Waals surface area contributed by atoms with Gasteiger partial charge in [0.2, 0.25) is 11.8 Å². The Hall–Kier alpha value is -3.15. The minimum Gasteiger partial charge on any atom is -0.466 e. The highest BCUT2D eigenvalue weighted by Gasteiger charge is 2.09. The zero-order valence-electron chi connectivity index (χ0n) is 15.1. The quantitative estimate of drug-likeness (QED) is 0.404. The standard InChI is InChI=1S/C21H24N2O4/c24-19(22-23-20(25)16-18-10-5-2-6-11-18)13-14-21(26)27-15-7-12-17-8-3-1-4-9-17/h1-6,8-11H,7,12-16H2,(H,22,24)(H,23,25). The molecule has 2 aromatic carbocycles. The normalized spacial score (nSPS) is 10.1. The molecule has 142 valence electrons. The Morgan fingerprint density at radius 3 is 2.00 bits per heavy atom. The van der Waals surface area contributed by atoms with Gasteiger partial charge in [-0.15, -0.1) is 0 Å². The second kappa shape index (κ2) is 11.5. The van der Waals surface area contributed by atoms with Gasteiger partial charge in [-0.25, -0.2) is 0 Å². The highest BCUT2D eigenvalue weighted by Crippen LogP contribution is 2.03. The highest BCUT2D eigenvalue weighted by atomic mass is 16.5. The van der Waals surface area contributed by atoms with Gasteiger partial charge >= 0.3 is 5.97 Å². The fourth-order valence-electron chi connectivity index (χ4n) is 2.42. The van der Waals surface area contributed by atoms with Crippen molar-refractivity contribution in [2.24, 2.45) is 0 Å². The molecule has 0 atom stereocenters. The summed E-state index contributed by atoms with van der Waals surface area (Å²) in [5.74, 6) is -1.18. The van der Waals surface area contributed by atoms with E-state index >= 15 is 0 Å². The smallest absolute Gasteiger partial charge is 0.306 e. The van der Waals surface area contributed by atoms with E-state index in [4.69, 9.17) is 4.74 Å². The molecule has 6 heteroatoms. The third kappa shape index (κ3) is 8.67. The first-order chi connectivity index (χ1) is 13.1. The number of esters is 1. The van der Waals surface area contributed by atoms with E-state index in [0.717, 1.165) is 18.4 Å². The minimum atomic E-state index is -0.433. The number of amides is 2. The molecule has 27 heavy (non-hydrogen) atoms. The van der Waals surface area contributed by atoms with Crippen LogP contribution in [0.2, 0.25) is 0 Å². The van der Waals surface area contributed by atoms with Crippen molar-refractivity contribution >= 4 is 17.8 Å². The van der Waals surface area contributed by atoms with E-state index in [-0.39, 0.29) is 25.2 Å². The number of hydrogen-bond acceptors (Lipinski definition) is 4. The van der Waals surface area contributed by atoms with Crippen molar-refractivity contribution in [1.82, 2.24) is 10.9 Å². The van der Waals surface area contributed by atoms with Crippen molar-refractivity contribution in [2.45, 2.75) is 32.1 Å². The fraction of sp³-hybridized carbons (Fsp3) is 0.286. The third-order valence-corrected chi connectivity index (χ3v) is 3.82. The number of carbonyl (C=O) groups excluding carboxylic acids is 3. The lowest BCUT2D eigenvalue weighted by Gasteiger charge is -2.08. The average Bonchev–Trinajstić information content (AvgIpc) is 2.69. The number of rotatable bonds is 9. The van der Waals surface area contributed by atoms with Gasteiger partial charge in [0.25, 0.3) is 0 Å². The Labute approximate surface area is 158 Å². The van der Waals surface area contributed by atoms with Gasteiger partial charge < -0.3 is 4.74 Å². The molecule has 0 heterocycles. The molecule has 2 rings (SSSR count). The largest absolute Gasteiger partial charge is 0.466 e.